The molecular weight excluding hydrogens is 199 g/mol. The smallest absolute Gasteiger partial charge is 0.167 e. The van der Waals surface area contributed by atoms with E-state index < -0.39 is 0 Å². The van der Waals surface area contributed by atoms with Crippen LogP contribution in [0.3, 0.4) is 0 Å². The average Bonchev–Trinajstić information content (AvgIpc) is 2.02. The van der Waals surface area contributed by atoms with E-state index in [4.69, 9.17) is 39.4 Å². The third-order valence-corrected chi connectivity index (χ3v) is 2.09. The quantitative estimate of drug-likeness (QED) is 0.693. The van der Waals surface area contributed by atoms with Gasteiger partial charge in [-0.2, -0.15) is 0 Å². The Labute approximate surface area is 80.2 Å². The summed E-state index contributed by atoms with van der Waals surface area (Å²) in [6.45, 7) is 0. The molecular formula is C7H8Cl2N2O. The van der Waals surface area contributed by atoms with Gasteiger partial charge in [-0.15, -0.1) is 0 Å². The Morgan fingerprint density at radius 1 is 1.17 bits per heavy atom. The number of hydrogen-bond acceptors (Lipinski definition) is 3. The van der Waals surface area contributed by atoms with Crippen molar-refractivity contribution in [2.24, 2.45) is 0 Å². The van der Waals surface area contributed by atoms with Crippen molar-refractivity contribution in [3.05, 3.63) is 16.1 Å². The Morgan fingerprint density at radius 3 is 1.92 bits per heavy atom. The summed E-state index contributed by atoms with van der Waals surface area (Å²) < 4.78 is 4.92. The minimum absolute atomic E-state index is 0.307. The molecule has 0 atom stereocenters. The van der Waals surface area contributed by atoms with E-state index in [2.05, 4.69) is 0 Å². The molecule has 0 aliphatic carbocycles. The third kappa shape index (κ3) is 1.38. The Bertz CT molecular complexity index is 289. The van der Waals surface area contributed by atoms with Crippen LogP contribution in [-0.2, 0) is 0 Å². The highest BCUT2D eigenvalue weighted by atomic mass is 35.5. The highest BCUT2D eigenvalue weighted by molar-refractivity contribution is 6.38. The molecule has 0 radical (unpaired) electrons. The molecule has 0 bridgehead atoms. The summed E-state index contributed by atoms with van der Waals surface area (Å²) in [6, 6.07) is 1.48. The topological polar surface area (TPSA) is 61.3 Å². The predicted octanol–water partition coefficient (Wildman–Crippen LogP) is 2.17. The molecule has 1 aromatic carbocycles. The first-order chi connectivity index (χ1) is 5.57. The largest absolute Gasteiger partial charge is 0.492 e. The first-order valence-electron chi connectivity index (χ1n) is 3.15. The number of nitrogen functional groups attached to an aromatic ring is 2. The van der Waals surface area contributed by atoms with Crippen LogP contribution in [0.2, 0.25) is 10.0 Å². The maximum Gasteiger partial charge on any atom is 0.167 e. The lowest BCUT2D eigenvalue weighted by Crippen LogP contribution is -1.99. The summed E-state index contributed by atoms with van der Waals surface area (Å²) in [5.74, 6) is 0.326. The SMILES string of the molecule is COc1c(N)c(Cl)cc(Cl)c1N. The minimum Gasteiger partial charge on any atom is -0.492 e. The summed E-state index contributed by atoms with van der Waals surface area (Å²) in [7, 11) is 1.45. The van der Waals surface area contributed by atoms with Crippen LogP contribution < -0.4 is 16.2 Å². The van der Waals surface area contributed by atoms with Crippen LogP contribution in [0, 0.1) is 0 Å². The van der Waals surface area contributed by atoms with Gasteiger partial charge in [0.25, 0.3) is 0 Å². The molecule has 0 spiro atoms. The van der Waals surface area contributed by atoms with Crippen molar-refractivity contribution in [2.45, 2.75) is 0 Å². The number of nitrogens with two attached hydrogens (primary N) is 2. The molecule has 66 valence electrons. The van der Waals surface area contributed by atoms with Crippen molar-refractivity contribution in [1.29, 1.82) is 0 Å². The third-order valence-electron chi connectivity index (χ3n) is 1.46. The Kier molecular flexibility index (Phi) is 2.55. The van der Waals surface area contributed by atoms with Crippen molar-refractivity contribution in [3.8, 4) is 5.75 Å². The van der Waals surface area contributed by atoms with Crippen LogP contribution in [0.5, 0.6) is 5.75 Å². The fourth-order valence-corrected chi connectivity index (χ4v) is 1.29. The molecule has 0 saturated carbocycles. The maximum absolute atomic E-state index is 5.72. The molecule has 0 saturated heterocycles. The fraction of sp³-hybridized carbons (Fsp3) is 0.143. The van der Waals surface area contributed by atoms with Gasteiger partial charge in [0, 0.05) is 0 Å². The normalized spacial score (nSPS) is 9.92. The van der Waals surface area contributed by atoms with E-state index in [1.165, 1.54) is 13.2 Å². The molecule has 12 heavy (non-hydrogen) atoms. The van der Waals surface area contributed by atoms with E-state index in [9.17, 15) is 0 Å². The summed E-state index contributed by atoms with van der Waals surface area (Å²) in [5, 5.41) is 0.678. The molecule has 0 aromatic heterocycles. The van der Waals surface area contributed by atoms with Gasteiger partial charge in [-0.05, 0) is 6.07 Å². The van der Waals surface area contributed by atoms with Crippen LogP contribution in [-0.4, -0.2) is 7.11 Å². The van der Waals surface area contributed by atoms with Crippen LogP contribution in [0.4, 0.5) is 11.4 Å². The average molecular weight is 207 g/mol. The standard InChI is InChI=1S/C7H8Cl2N2O/c1-12-7-5(10)3(8)2-4(9)6(7)11/h2H,10-11H2,1H3. The molecule has 1 aromatic rings. The zero-order chi connectivity index (χ0) is 9.30. The molecule has 3 nitrogen and oxygen atoms in total. The van der Waals surface area contributed by atoms with Gasteiger partial charge >= 0.3 is 0 Å². The van der Waals surface area contributed by atoms with E-state index in [-0.39, 0.29) is 0 Å². The van der Waals surface area contributed by atoms with Crippen LogP contribution >= 0.6 is 23.2 Å². The van der Waals surface area contributed by atoms with E-state index in [1.807, 2.05) is 0 Å². The summed E-state index contributed by atoms with van der Waals surface area (Å²) in [4.78, 5) is 0. The second kappa shape index (κ2) is 3.29. The number of methoxy groups -OCH3 is 1. The second-order valence-corrected chi connectivity index (χ2v) is 3.02. The van der Waals surface area contributed by atoms with E-state index in [1.54, 1.807) is 0 Å². The van der Waals surface area contributed by atoms with Crippen molar-refractivity contribution in [2.75, 3.05) is 18.6 Å². The molecule has 0 aliphatic heterocycles. The molecule has 0 heterocycles. The van der Waals surface area contributed by atoms with Crippen molar-refractivity contribution in [1.82, 2.24) is 0 Å². The van der Waals surface area contributed by atoms with Crippen molar-refractivity contribution in [3.63, 3.8) is 0 Å². The lowest BCUT2D eigenvalue weighted by molar-refractivity contribution is 0.419. The molecule has 5 heteroatoms. The van der Waals surface area contributed by atoms with Gasteiger partial charge < -0.3 is 16.2 Å². The highest BCUT2D eigenvalue weighted by Crippen LogP contribution is 2.39. The number of anilines is 2. The molecule has 0 unspecified atom stereocenters. The number of ether oxygens (including phenoxy) is 1. The van der Waals surface area contributed by atoms with Gasteiger partial charge in [-0.25, -0.2) is 0 Å². The Hall–Kier alpha value is -0.800. The van der Waals surface area contributed by atoms with Crippen LogP contribution in [0.1, 0.15) is 0 Å². The lowest BCUT2D eigenvalue weighted by atomic mass is 10.2. The Balaban J connectivity index is 3.42. The van der Waals surface area contributed by atoms with E-state index in [0.29, 0.717) is 27.2 Å². The van der Waals surface area contributed by atoms with Gasteiger partial charge in [-0.1, -0.05) is 23.2 Å². The Morgan fingerprint density at radius 2 is 1.58 bits per heavy atom. The van der Waals surface area contributed by atoms with Gasteiger partial charge in [0.2, 0.25) is 0 Å². The van der Waals surface area contributed by atoms with Gasteiger partial charge in [0.15, 0.2) is 5.75 Å². The molecule has 0 fully saturated rings. The summed E-state index contributed by atoms with van der Waals surface area (Å²) in [6.07, 6.45) is 0. The van der Waals surface area contributed by atoms with E-state index in [0.717, 1.165) is 0 Å². The zero-order valence-corrected chi connectivity index (χ0v) is 7.91. The highest BCUT2D eigenvalue weighted by Gasteiger charge is 2.11. The number of benzene rings is 1. The minimum atomic E-state index is 0.307. The monoisotopic (exact) mass is 206 g/mol. The van der Waals surface area contributed by atoms with Crippen LogP contribution in [0.25, 0.3) is 0 Å². The van der Waals surface area contributed by atoms with Crippen molar-refractivity contribution < 1.29 is 4.74 Å². The molecule has 1 rings (SSSR count). The van der Waals surface area contributed by atoms with Crippen LogP contribution in [0.15, 0.2) is 6.07 Å². The van der Waals surface area contributed by atoms with Gasteiger partial charge in [0.1, 0.15) is 0 Å². The fourth-order valence-electron chi connectivity index (χ4n) is 0.849. The maximum atomic E-state index is 5.72. The summed E-state index contributed by atoms with van der Waals surface area (Å²) in [5.41, 5.74) is 11.7. The summed E-state index contributed by atoms with van der Waals surface area (Å²) >= 11 is 11.4. The number of halogens is 2. The first-order valence-corrected chi connectivity index (χ1v) is 3.90. The van der Waals surface area contributed by atoms with Crippen molar-refractivity contribution >= 4 is 34.6 Å². The lowest BCUT2D eigenvalue weighted by Gasteiger charge is -2.10. The van der Waals surface area contributed by atoms with E-state index >= 15 is 0 Å². The second-order valence-electron chi connectivity index (χ2n) is 2.20. The first kappa shape index (κ1) is 9.29. The zero-order valence-electron chi connectivity index (χ0n) is 6.40. The van der Waals surface area contributed by atoms with Gasteiger partial charge in [-0.3, -0.25) is 0 Å². The molecule has 0 aliphatic rings. The number of hydrogen-bond donors (Lipinski definition) is 2. The molecule has 0 amide bonds. The number of rotatable bonds is 1. The van der Waals surface area contributed by atoms with Gasteiger partial charge in [0.05, 0.1) is 28.5 Å². The predicted molar refractivity (Wildman–Crippen MR) is 51.8 cm³/mol. The molecule has 4 N–H and O–H groups in total.